The Balaban J connectivity index is 1.36. The van der Waals surface area contributed by atoms with E-state index >= 15 is 0 Å². The fraction of sp³-hybridized carbons (Fsp3) is 0.185. The number of nitrogens with one attached hydrogen (secondary N) is 1. The number of carboxylic acids is 1. The molecule has 3 aromatic carbocycles. The number of carbonyl (C=O) groups is 1. The zero-order valence-corrected chi connectivity index (χ0v) is 18.8. The van der Waals surface area contributed by atoms with Crippen LogP contribution in [-0.2, 0) is 4.79 Å². The van der Waals surface area contributed by atoms with Crippen LogP contribution in [0.5, 0.6) is 11.5 Å². The lowest BCUT2D eigenvalue weighted by atomic mass is 9.75. The van der Waals surface area contributed by atoms with E-state index in [1.807, 2.05) is 72.8 Å². The summed E-state index contributed by atoms with van der Waals surface area (Å²) < 4.78 is 5.93. The molecular formula is C27H24N2O3S. The number of nitrogens with zero attached hydrogens (tertiary/aromatic N) is 1. The third-order valence-electron chi connectivity index (χ3n) is 5.90. The van der Waals surface area contributed by atoms with Crippen molar-refractivity contribution in [3.63, 3.8) is 0 Å². The molecule has 6 heteroatoms. The molecule has 166 valence electrons. The van der Waals surface area contributed by atoms with Crippen LogP contribution < -0.4 is 10.1 Å². The lowest BCUT2D eigenvalue weighted by molar-refractivity contribution is -0.146. The minimum absolute atomic E-state index is 0.194. The Labute approximate surface area is 196 Å². The van der Waals surface area contributed by atoms with Crippen LogP contribution in [0.1, 0.15) is 12.8 Å². The van der Waals surface area contributed by atoms with Gasteiger partial charge in [0.1, 0.15) is 11.5 Å². The molecule has 0 bridgehead atoms. The Morgan fingerprint density at radius 1 is 0.909 bits per heavy atom. The molecule has 2 N–H and O–H groups in total. The quantitative estimate of drug-likeness (QED) is 0.305. The topological polar surface area (TPSA) is 71.5 Å². The lowest BCUT2D eigenvalue weighted by Crippen LogP contribution is -2.34. The Morgan fingerprint density at radius 2 is 1.55 bits per heavy atom. The van der Waals surface area contributed by atoms with Gasteiger partial charge in [0.2, 0.25) is 0 Å². The molecule has 1 aromatic heterocycles. The third kappa shape index (κ3) is 4.91. The summed E-state index contributed by atoms with van der Waals surface area (Å²) in [5.41, 5.74) is 3.07. The normalized spacial score (nSPS) is 17.2. The van der Waals surface area contributed by atoms with Gasteiger partial charge in [0.25, 0.3) is 0 Å². The molecular weight excluding hydrogens is 432 g/mol. The molecule has 0 aliphatic heterocycles. The number of carboxylic acid groups (broad SMARTS) is 1. The second-order valence-electron chi connectivity index (χ2n) is 8.26. The molecule has 0 spiro atoms. The highest BCUT2D eigenvalue weighted by Gasteiger charge is 2.34. The van der Waals surface area contributed by atoms with Gasteiger partial charge in [0, 0.05) is 12.1 Å². The highest BCUT2D eigenvalue weighted by Crippen LogP contribution is 2.40. The fourth-order valence-electron chi connectivity index (χ4n) is 4.02. The number of thiazole rings is 1. The number of hydrogen-bond acceptors (Lipinski definition) is 5. The first-order valence-electron chi connectivity index (χ1n) is 11.0. The van der Waals surface area contributed by atoms with E-state index in [1.54, 1.807) is 11.3 Å². The predicted molar refractivity (Wildman–Crippen MR) is 132 cm³/mol. The Morgan fingerprint density at radius 3 is 2.21 bits per heavy atom. The minimum Gasteiger partial charge on any atom is -0.481 e. The van der Waals surface area contributed by atoms with Gasteiger partial charge in [-0.25, -0.2) is 4.98 Å². The van der Waals surface area contributed by atoms with Crippen LogP contribution in [0.3, 0.4) is 0 Å². The number of aliphatic carboxylic acids is 1. The molecule has 1 aliphatic carbocycles. The Kier molecular flexibility index (Phi) is 6.09. The van der Waals surface area contributed by atoms with Crippen LogP contribution in [0.4, 0.5) is 5.13 Å². The van der Waals surface area contributed by atoms with Gasteiger partial charge in [0.15, 0.2) is 5.13 Å². The van der Waals surface area contributed by atoms with Crippen LogP contribution in [0.15, 0.2) is 84.9 Å². The molecule has 5 rings (SSSR count). The Hall–Kier alpha value is -3.64. The minimum atomic E-state index is -0.686. The van der Waals surface area contributed by atoms with E-state index in [0.717, 1.165) is 57.7 Å². The highest BCUT2D eigenvalue weighted by atomic mass is 32.1. The molecule has 1 fully saturated rings. The summed E-state index contributed by atoms with van der Waals surface area (Å²) >= 11 is 1.63. The number of benzene rings is 3. The van der Waals surface area contributed by atoms with Crippen molar-refractivity contribution < 1.29 is 14.6 Å². The van der Waals surface area contributed by atoms with Gasteiger partial charge in [-0.05, 0) is 60.7 Å². The molecule has 1 heterocycles. The lowest BCUT2D eigenvalue weighted by Gasteiger charge is -2.32. The van der Waals surface area contributed by atoms with Crippen LogP contribution in [0, 0.1) is 11.8 Å². The van der Waals surface area contributed by atoms with Gasteiger partial charge in [-0.1, -0.05) is 59.9 Å². The number of anilines is 1. The van der Waals surface area contributed by atoms with Gasteiger partial charge in [-0.15, -0.1) is 0 Å². The summed E-state index contributed by atoms with van der Waals surface area (Å²) in [6, 6.07) is 28.0. The van der Waals surface area contributed by atoms with Crippen molar-refractivity contribution in [3.05, 3.63) is 84.9 Å². The van der Waals surface area contributed by atoms with Crippen LogP contribution in [-0.4, -0.2) is 22.6 Å². The summed E-state index contributed by atoms with van der Waals surface area (Å²) in [7, 11) is 0. The van der Waals surface area contributed by atoms with E-state index in [1.165, 1.54) is 0 Å². The number of hydrogen-bond donors (Lipinski definition) is 2. The summed E-state index contributed by atoms with van der Waals surface area (Å²) in [5.74, 6) is 1.08. The molecule has 0 unspecified atom stereocenters. The highest BCUT2D eigenvalue weighted by molar-refractivity contribution is 7.19. The molecule has 0 saturated heterocycles. The van der Waals surface area contributed by atoms with Crippen molar-refractivity contribution in [3.8, 4) is 33.2 Å². The van der Waals surface area contributed by atoms with Gasteiger partial charge >= 0.3 is 5.97 Å². The van der Waals surface area contributed by atoms with Crippen molar-refractivity contribution >= 4 is 22.4 Å². The number of para-hydroxylation sites is 1. The van der Waals surface area contributed by atoms with Crippen molar-refractivity contribution in [2.45, 2.75) is 12.8 Å². The van der Waals surface area contributed by atoms with E-state index in [4.69, 9.17) is 14.8 Å². The molecule has 4 aromatic rings. The standard InChI is InChI=1S/C27H24N2O3S/c30-26(31)21-15-18(16-21)17-28-27-29-24(25(33-27)20-7-3-1-4-8-20)19-11-13-23(14-12-19)32-22-9-5-2-6-10-22/h1-14,18,21H,15-17H2,(H,28,29)(H,30,31). The summed E-state index contributed by atoms with van der Waals surface area (Å²) in [5, 5.41) is 13.4. The zero-order chi connectivity index (χ0) is 22.6. The van der Waals surface area contributed by atoms with E-state index in [-0.39, 0.29) is 5.92 Å². The van der Waals surface area contributed by atoms with Crippen molar-refractivity contribution in [1.82, 2.24) is 4.98 Å². The first-order chi connectivity index (χ1) is 16.2. The molecule has 1 saturated carbocycles. The van der Waals surface area contributed by atoms with Crippen LogP contribution >= 0.6 is 11.3 Å². The molecule has 0 atom stereocenters. The van der Waals surface area contributed by atoms with Crippen LogP contribution in [0.2, 0.25) is 0 Å². The fourth-order valence-corrected chi connectivity index (χ4v) is 5.02. The van der Waals surface area contributed by atoms with E-state index < -0.39 is 5.97 Å². The van der Waals surface area contributed by atoms with E-state index in [0.29, 0.717) is 5.92 Å². The maximum Gasteiger partial charge on any atom is 0.306 e. The van der Waals surface area contributed by atoms with Crippen LogP contribution in [0.25, 0.3) is 21.7 Å². The molecule has 0 amide bonds. The van der Waals surface area contributed by atoms with Gasteiger partial charge < -0.3 is 15.2 Å². The first-order valence-corrected chi connectivity index (χ1v) is 11.8. The second kappa shape index (κ2) is 9.46. The largest absolute Gasteiger partial charge is 0.481 e. The van der Waals surface area contributed by atoms with Gasteiger partial charge in [-0.3, -0.25) is 4.79 Å². The van der Waals surface area contributed by atoms with Crippen molar-refractivity contribution in [2.75, 3.05) is 11.9 Å². The van der Waals surface area contributed by atoms with E-state index in [2.05, 4.69) is 17.4 Å². The van der Waals surface area contributed by atoms with E-state index in [9.17, 15) is 4.79 Å². The monoisotopic (exact) mass is 456 g/mol. The number of ether oxygens (including phenoxy) is 1. The molecule has 33 heavy (non-hydrogen) atoms. The van der Waals surface area contributed by atoms with Gasteiger partial charge in [-0.2, -0.15) is 0 Å². The number of aromatic nitrogens is 1. The smallest absolute Gasteiger partial charge is 0.306 e. The molecule has 5 nitrogen and oxygen atoms in total. The Bertz CT molecular complexity index is 1220. The average molecular weight is 457 g/mol. The summed E-state index contributed by atoms with van der Waals surface area (Å²) in [6.45, 7) is 0.745. The molecule has 1 aliphatic rings. The first kappa shape index (κ1) is 21.2. The third-order valence-corrected chi connectivity index (χ3v) is 6.96. The molecule has 0 radical (unpaired) electrons. The van der Waals surface area contributed by atoms with Gasteiger partial charge in [0.05, 0.1) is 16.5 Å². The predicted octanol–water partition coefficient (Wildman–Crippen LogP) is 6.79. The SMILES string of the molecule is O=C(O)C1CC(CNc2nc(-c3ccc(Oc4ccccc4)cc3)c(-c3ccccc3)s2)C1. The van der Waals surface area contributed by atoms with Crippen molar-refractivity contribution in [1.29, 1.82) is 0 Å². The summed E-state index contributed by atoms with van der Waals surface area (Å²) in [4.78, 5) is 17.1. The maximum atomic E-state index is 11.0. The zero-order valence-electron chi connectivity index (χ0n) is 18.0. The number of rotatable bonds is 8. The maximum absolute atomic E-state index is 11.0. The summed E-state index contributed by atoms with van der Waals surface area (Å²) in [6.07, 6.45) is 1.46. The average Bonchev–Trinajstić information content (AvgIpc) is 3.24. The second-order valence-corrected chi connectivity index (χ2v) is 9.25. The van der Waals surface area contributed by atoms with Crippen molar-refractivity contribution in [2.24, 2.45) is 11.8 Å².